The van der Waals surface area contributed by atoms with Crippen molar-refractivity contribution in [3.05, 3.63) is 41.6 Å². The van der Waals surface area contributed by atoms with Crippen LogP contribution in [0.2, 0.25) is 0 Å². The van der Waals surface area contributed by atoms with Crippen molar-refractivity contribution in [1.82, 2.24) is 9.78 Å². The highest BCUT2D eigenvalue weighted by Crippen LogP contribution is 2.41. The molecule has 0 radical (unpaired) electrons. The van der Waals surface area contributed by atoms with Crippen LogP contribution in [0.4, 0.5) is 5.82 Å². The molecule has 1 aromatic carbocycles. The lowest BCUT2D eigenvalue weighted by Gasteiger charge is -2.25. The summed E-state index contributed by atoms with van der Waals surface area (Å²) >= 11 is 0. The van der Waals surface area contributed by atoms with Gasteiger partial charge in [0.2, 0.25) is 5.91 Å². The number of phenols is 1. The van der Waals surface area contributed by atoms with Gasteiger partial charge in [-0.2, -0.15) is 5.10 Å². The molecule has 2 heterocycles. The van der Waals surface area contributed by atoms with Gasteiger partial charge >= 0.3 is 0 Å². The third-order valence-corrected chi connectivity index (χ3v) is 4.79. The van der Waals surface area contributed by atoms with Gasteiger partial charge in [-0.3, -0.25) is 4.79 Å². The van der Waals surface area contributed by atoms with E-state index < -0.39 is 0 Å². The Morgan fingerprint density at radius 1 is 1.27 bits per heavy atom. The molecule has 1 aliphatic heterocycles. The van der Waals surface area contributed by atoms with Gasteiger partial charge < -0.3 is 10.4 Å². The van der Waals surface area contributed by atoms with Gasteiger partial charge in [0, 0.05) is 17.9 Å². The van der Waals surface area contributed by atoms with Crippen molar-refractivity contribution in [2.75, 3.05) is 5.32 Å². The second-order valence-electron chi connectivity index (χ2n) is 6.23. The molecule has 0 bridgehead atoms. The number of hydrogen-bond donors (Lipinski definition) is 2. The van der Waals surface area contributed by atoms with Gasteiger partial charge in [-0.25, -0.2) is 4.68 Å². The molecule has 5 heteroatoms. The summed E-state index contributed by atoms with van der Waals surface area (Å²) in [6.07, 6.45) is 6.97. The molecule has 22 heavy (non-hydrogen) atoms. The van der Waals surface area contributed by atoms with Gasteiger partial charge in [-0.05, 0) is 30.5 Å². The van der Waals surface area contributed by atoms with Crippen molar-refractivity contribution in [2.24, 2.45) is 0 Å². The zero-order valence-electron chi connectivity index (χ0n) is 12.3. The van der Waals surface area contributed by atoms with Crippen molar-refractivity contribution in [3.8, 4) is 5.75 Å². The first-order chi connectivity index (χ1) is 10.7. The highest BCUT2D eigenvalue weighted by molar-refractivity contribution is 5.94. The predicted octanol–water partition coefficient (Wildman–Crippen LogP) is 3.18. The first kappa shape index (κ1) is 13.4. The number of carbonyl (C=O) groups is 1. The average molecular weight is 297 g/mol. The molecule has 2 N–H and O–H groups in total. The third-order valence-electron chi connectivity index (χ3n) is 4.79. The predicted molar refractivity (Wildman–Crippen MR) is 82.9 cm³/mol. The van der Waals surface area contributed by atoms with Crippen LogP contribution in [-0.4, -0.2) is 20.8 Å². The summed E-state index contributed by atoms with van der Waals surface area (Å²) in [5.74, 6) is 1.05. The number of fused-ring (bicyclic) bond motifs is 1. The summed E-state index contributed by atoms with van der Waals surface area (Å²) in [6, 6.07) is 7.56. The number of phenolic OH excluding ortho intramolecular Hbond substituents is 1. The van der Waals surface area contributed by atoms with Crippen molar-refractivity contribution in [1.29, 1.82) is 0 Å². The Labute approximate surface area is 129 Å². The molecule has 114 valence electrons. The van der Waals surface area contributed by atoms with Gasteiger partial charge in [0.1, 0.15) is 11.6 Å². The summed E-state index contributed by atoms with van der Waals surface area (Å²) in [4.78, 5) is 12.1. The standard InChI is InChI=1S/C17H19N3O2/c21-13-7-3-4-11(8-13)14-9-16(22)19-17-15(14)10-18-20(17)12-5-1-2-6-12/h3-4,7-8,10,12,14,21H,1-2,5-6,9H2,(H,19,22). The zero-order valence-corrected chi connectivity index (χ0v) is 12.3. The van der Waals surface area contributed by atoms with Gasteiger partial charge in [0.25, 0.3) is 0 Å². The van der Waals surface area contributed by atoms with Gasteiger partial charge in [-0.15, -0.1) is 0 Å². The maximum Gasteiger partial charge on any atom is 0.226 e. The van der Waals surface area contributed by atoms with Crippen LogP contribution in [0.25, 0.3) is 0 Å². The van der Waals surface area contributed by atoms with Crippen molar-refractivity contribution >= 4 is 11.7 Å². The van der Waals surface area contributed by atoms with E-state index in [9.17, 15) is 9.90 Å². The number of amides is 1. The molecular weight excluding hydrogens is 278 g/mol. The summed E-state index contributed by atoms with van der Waals surface area (Å²) < 4.78 is 2.00. The minimum Gasteiger partial charge on any atom is -0.508 e. The lowest BCUT2D eigenvalue weighted by Crippen LogP contribution is -2.25. The molecule has 0 spiro atoms. The molecule has 1 aliphatic carbocycles. The Morgan fingerprint density at radius 2 is 2.09 bits per heavy atom. The van der Waals surface area contributed by atoms with Crippen LogP contribution in [-0.2, 0) is 4.79 Å². The number of rotatable bonds is 2. The molecule has 1 fully saturated rings. The molecule has 1 aromatic heterocycles. The fourth-order valence-corrected chi connectivity index (χ4v) is 3.70. The Kier molecular flexibility index (Phi) is 3.13. The third kappa shape index (κ3) is 2.17. The zero-order chi connectivity index (χ0) is 15.1. The summed E-state index contributed by atoms with van der Waals surface area (Å²) in [7, 11) is 0. The van der Waals surface area contributed by atoms with Crippen LogP contribution in [0.1, 0.15) is 55.2 Å². The lowest BCUT2D eigenvalue weighted by molar-refractivity contribution is -0.116. The molecule has 1 unspecified atom stereocenters. The summed E-state index contributed by atoms with van der Waals surface area (Å²) in [5, 5.41) is 17.3. The second-order valence-corrected chi connectivity index (χ2v) is 6.23. The number of aromatic hydroxyl groups is 1. The van der Waals surface area contributed by atoms with Crippen LogP contribution in [0.5, 0.6) is 5.75 Å². The average Bonchev–Trinajstić information content (AvgIpc) is 3.14. The maximum absolute atomic E-state index is 12.1. The maximum atomic E-state index is 12.1. The van der Waals surface area contributed by atoms with E-state index >= 15 is 0 Å². The van der Waals surface area contributed by atoms with Crippen molar-refractivity contribution in [2.45, 2.75) is 44.1 Å². The molecule has 1 saturated carbocycles. The number of carbonyl (C=O) groups excluding carboxylic acids is 1. The van der Waals surface area contributed by atoms with Gasteiger partial charge in [0.15, 0.2) is 0 Å². The smallest absolute Gasteiger partial charge is 0.226 e. The largest absolute Gasteiger partial charge is 0.508 e. The van der Waals surface area contributed by atoms with E-state index in [4.69, 9.17) is 0 Å². The molecule has 1 atom stereocenters. The number of nitrogens with one attached hydrogen (secondary N) is 1. The van der Waals surface area contributed by atoms with E-state index in [0.717, 1.165) is 29.8 Å². The second kappa shape index (κ2) is 5.16. The van der Waals surface area contributed by atoms with E-state index in [1.165, 1.54) is 12.8 Å². The van der Waals surface area contributed by atoms with E-state index in [1.807, 2.05) is 23.0 Å². The van der Waals surface area contributed by atoms with Crippen LogP contribution in [0.15, 0.2) is 30.5 Å². The van der Waals surface area contributed by atoms with Gasteiger partial charge in [-0.1, -0.05) is 25.0 Å². The van der Waals surface area contributed by atoms with Crippen LogP contribution < -0.4 is 5.32 Å². The van der Waals surface area contributed by atoms with Crippen LogP contribution >= 0.6 is 0 Å². The normalized spacial score (nSPS) is 21.6. The van der Waals surface area contributed by atoms with Crippen molar-refractivity contribution in [3.63, 3.8) is 0 Å². The topological polar surface area (TPSA) is 67.1 Å². The fraction of sp³-hybridized carbons (Fsp3) is 0.412. The molecule has 1 amide bonds. The number of aromatic nitrogens is 2. The SMILES string of the molecule is O=C1CC(c2cccc(O)c2)c2cnn(C3CCCC3)c2N1. The molecule has 0 saturated heterocycles. The molecular formula is C17H19N3O2. The summed E-state index contributed by atoms with van der Waals surface area (Å²) in [5.41, 5.74) is 2.01. The van der Waals surface area contributed by atoms with Crippen LogP contribution in [0.3, 0.4) is 0 Å². The Hall–Kier alpha value is -2.30. The molecule has 4 rings (SSSR count). The monoisotopic (exact) mass is 297 g/mol. The fourth-order valence-electron chi connectivity index (χ4n) is 3.70. The highest BCUT2D eigenvalue weighted by Gasteiger charge is 2.32. The number of benzene rings is 1. The summed E-state index contributed by atoms with van der Waals surface area (Å²) in [6.45, 7) is 0. The minimum absolute atomic E-state index is 0.0144. The van der Waals surface area contributed by atoms with E-state index in [1.54, 1.807) is 12.1 Å². The van der Waals surface area contributed by atoms with E-state index in [0.29, 0.717) is 12.5 Å². The minimum atomic E-state index is -0.0361. The van der Waals surface area contributed by atoms with Crippen molar-refractivity contribution < 1.29 is 9.90 Å². The Morgan fingerprint density at radius 3 is 2.86 bits per heavy atom. The first-order valence-electron chi connectivity index (χ1n) is 7.88. The number of hydrogen-bond acceptors (Lipinski definition) is 3. The quantitative estimate of drug-likeness (QED) is 0.894. The highest BCUT2D eigenvalue weighted by atomic mass is 16.3. The molecule has 2 aromatic rings. The first-order valence-corrected chi connectivity index (χ1v) is 7.88. The Balaban J connectivity index is 1.76. The number of anilines is 1. The van der Waals surface area contributed by atoms with E-state index in [-0.39, 0.29) is 17.6 Å². The molecule has 5 nitrogen and oxygen atoms in total. The molecule has 2 aliphatic rings. The van der Waals surface area contributed by atoms with Gasteiger partial charge in [0.05, 0.1) is 12.2 Å². The van der Waals surface area contributed by atoms with E-state index in [2.05, 4.69) is 10.4 Å². The Bertz CT molecular complexity index is 716. The number of nitrogens with zero attached hydrogens (tertiary/aromatic N) is 2. The van der Waals surface area contributed by atoms with Crippen LogP contribution in [0, 0.1) is 0 Å². The lowest BCUT2D eigenvalue weighted by atomic mass is 9.87.